The minimum Gasteiger partial charge on any atom is -0.373 e. The molecule has 0 saturated carbocycles. The van der Waals surface area contributed by atoms with Gasteiger partial charge >= 0.3 is 0 Å². The predicted molar refractivity (Wildman–Crippen MR) is 83.3 cm³/mol. The van der Waals surface area contributed by atoms with Gasteiger partial charge in [0.1, 0.15) is 5.82 Å². The van der Waals surface area contributed by atoms with Crippen molar-refractivity contribution in [2.24, 2.45) is 5.92 Å². The second-order valence-electron chi connectivity index (χ2n) is 6.12. The van der Waals surface area contributed by atoms with Crippen molar-refractivity contribution in [2.75, 3.05) is 48.0 Å². The molecule has 1 aromatic rings. The van der Waals surface area contributed by atoms with Gasteiger partial charge in [0.15, 0.2) is 9.84 Å². The van der Waals surface area contributed by atoms with E-state index < -0.39 is 9.84 Å². The van der Waals surface area contributed by atoms with Crippen molar-refractivity contribution in [1.29, 1.82) is 0 Å². The molecule has 0 radical (unpaired) electrons. The smallest absolute Gasteiger partial charge is 0.150 e. The molecule has 1 atom stereocenters. The standard InChI is InChI=1S/C15H21FN2O2S/c1-17-6-2-7-18(10-12-5-8-21(19,20)11-12)15-9-13(16)3-4-14(15)17/h3-4,9,12H,2,5-8,10-11H2,1H3/t12-/m1/s1. The Morgan fingerprint density at radius 3 is 2.81 bits per heavy atom. The molecule has 0 aromatic heterocycles. The molecule has 6 heteroatoms. The molecule has 3 rings (SSSR count). The normalized spacial score (nSPS) is 24.8. The Labute approximate surface area is 125 Å². The third-order valence-electron chi connectivity index (χ3n) is 4.42. The van der Waals surface area contributed by atoms with Crippen LogP contribution in [0, 0.1) is 11.7 Å². The molecule has 4 nitrogen and oxygen atoms in total. The summed E-state index contributed by atoms with van der Waals surface area (Å²) in [6, 6.07) is 4.87. The minimum absolute atomic E-state index is 0.162. The zero-order chi connectivity index (χ0) is 15.0. The predicted octanol–water partition coefficient (Wildman–Crippen LogP) is 1.91. The lowest BCUT2D eigenvalue weighted by molar-refractivity contribution is 0.562. The average Bonchev–Trinajstić information content (AvgIpc) is 2.68. The molecule has 21 heavy (non-hydrogen) atoms. The number of fused-ring (bicyclic) bond motifs is 1. The molecule has 2 aliphatic rings. The number of benzene rings is 1. The SMILES string of the molecule is CN1CCCN(C[C@H]2CCS(=O)(=O)C2)c2cc(F)ccc21. The highest BCUT2D eigenvalue weighted by atomic mass is 32.2. The molecule has 0 aliphatic carbocycles. The molecule has 0 spiro atoms. The van der Waals surface area contributed by atoms with Crippen molar-refractivity contribution in [1.82, 2.24) is 0 Å². The number of nitrogens with zero attached hydrogens (tertiary/aromatic N) is 2. The van der Waals surface area contributed by atoms with Crippen molar-refractivity contribution in [3.63, 3.8) is 0 Å². The van der Waals surface area contributed by atoms with Crippen LogP contribution in [0.2, 0.25) is 0 Å². The first-order valence-corrected chi connectivity index (χ1v) is 9.23. The van der Waals surface area contributed by atoms with Gasteiger partial charge in [-0.15, -0.1) is 0 Å². The lowest BCUT2D eigenvalue weighted by Gasteiger charge is -2.28. The Hall–Kier alpha value is -1.30. The van der Waals surface area contributed by atoms with Crippen LogP contribution in [0.3, 0.4) is 0 Å². The summed E-state index contributed by atoms with van der Waals surface area (Å²) in [6.45, 7) is 2.47. The van der Waals surface area contributed by atoms with Gasteiger partial charge in [0.05, 0.1) is 22.9 Å². The monoisotopic (exact) mass is 312 g/mol. The molecule has 1 aromatic carbocycles. The van der Waals surface area contributed by atoms with Crippen LogP contribution in [-0.2, 0) is 9.84 Å². The lowest BCUT2D eigenvalue weighted by Crippen LogP contribution is -2.30. The molecular formula is C15H21FN2O2S. The van der Waals surface area contributed by atoms with E-state index in [9.17, 15) is 12.8 Å². The number of hydrogen-bond donors (Lipinski definition) is 0. The van der Waals surface area contributed by atoms with E-state index in [0.29, 0.717) is 12.3 Å². The van der Waals surface area contributed by atoms with Crippen molar-refractivity contribution < 1.29 is 12.8 Å². The Kier molecular flexibility index (Phi) is 3.82. The van der Waals surface area contributed by atoms with Gasteiger partial charge in [-0.1, -0.05) is 0 Å². The van der Waals surface area contributed by atoms with Crippen LogP contribution in [0.25, 0.3) is 0 Å². The first kappa shape index (κ1) is 14.6. The maximum Gasteiger partial charge on any atom is 0.150 e. The van der Waals surface area contributed by atoms with Crippen molar-refractivity contribution >= 4 is 21.2 Å². The molecule has 0 amide bonds. The molecule has 0 bridgehead atoms. The Balaban J connectivity index is 1.85. The second kappa shape index (κ2) is 5.48. The number of halogens is 1. The lowest BCUT2D eigenvalue weighted by atomic mass is 10.1. The number of hydrogen-bond acceptors (Lipinski definition) is 4. The summed E-state index contributed by atoms with van der Waals surface area (Å²) in [5.41, 5.74) is 1.91. The first-order chi connectivity index (χ1) is 9.94. The van der Waals surface area contributed by atoms with Crippen molar-refractivity contribution in [3.05, 3.63) is 24.0 Å². The Bertz CT molecular complexity index is 633. The summed E-state index contributed by atoms with van der Waals surface area (Å²) in [6.07, 6.45) is 1.71. The summed E-state index contributed by atoms with van der Waals surface area (Å²) in [5.74, 6) is 0.480. The van der Waals surface area contributed by atoms with Gasteiger partial charge < -0.3 is 9.80 Å². The number of anilines is 2. The fourth-order valence-electron chi connectivity index (χ4n) is 3.33. The van der Waals surface area contributed by atoms with Crippen LogP contribution in [-0.4, -0.2) is 46.6 Å². The highest BCUT2D eigenvalue weighted by Crippen LogP contribution is 2.33. The second-order valence-corrected chi connectivity index (χ2v) is 8.35. The van der Waals surface area contributed by atoms with Crippen LogP contribution >= 0.6 is 0 Å². The maximum atomic E-state index is 13.6. The number of rotatable bonds is 2. The summed E-state index contributed by atoms with van der Waals surface area (Å²) >= 11 is 0. The average molecular weight is 312 g/mol. The molecule has 1 saturated heterocycles. The summed E-state index contributed by atoms with van der Waals surface area (Å²) < 4.78 is 36.9. The summed E-state index contributed by atoms with van der Waals surface area (Å²) in [7, 11) is -0.849. The third-order valence-corrected chi connectivity index (χ3v) is 6.25. The first-order valence-electron chi connectivity index (χ1n) is 7.41. The molecular weight excluding hydrogens is 291 g/mol. The molecule has 0 unspecified atom stereocenters. The Morgan fingerprint density at radius 2 is 2.10 bits per heavy atom. The molecule has 2 heterocycles. The third kappa shape index (κ3) is 3.15. The van der Waals surface area contributed by atoms with E-state index in [0.717, 1.165) is 37.3 Å². The van der Waals surface area contributed by atoms with E-state index in [-0.39, 0.29) is 17.5 Å². The summed E-state index contributed by atoms with van der Waals surface area (Å²) in [5, 5.41) is 0. The van der Waals surface area contributed by atoms with Crippen LogP contribution in [0.5, 0.6) is 0 Å². The van der Waals surface area contributed by atoms with Gasteiger partial charge in [-0.05, 0) is 37.0 Å². The largest absolute Gasteiger partial charge is 0.373 e. The fourth-order valence-corrected chi connectivity index (χ4v) is 5.18. The van der Waals surface area contributed by atoms with Gasteiger partial charge in [0, 0.05) is 26.7 Å². The highest BCUT2D eigenvalue weighted by Gasteiger charge is 2.30. The van der Waals surface area contributed by atoms with E-state index in [4.69, 9.17) is 0 Å². The molecule has 116 valence electrons. The van der Waals surface area contributed by atoms with E-state index in [1.54, 1.807) is 6.07 Å². The van der Waals surface area contributed by atoms with E-state index in [1.165, 1.54) is 6.07 Å². The topological polar surface area (TPSA) is 40.6 Å². The fraction of sp³-hybridized carbons (Fsp3) is 0.600. The zero-order valence-electron chi connectivity index (χ0n) is 12.3. The maximum absolute atomic E-state index is 13.6. The van der Waals surface area contributed by atoms with E-state index in [2.05, 4.69) is 9.80 Å². The van der Waals surface area contributed by atoms with Crippen molar-refractivity contribution in [2.45, 2.75) is 12.8 Å². The van der Waals surface area contributed by atoms with Crippen LogP contribution < -0.4 is 9.80 Å². The van der Waals surface area contributed by atoms with Gasteiger partial charge in [-0.2, -0.15) is 0 Å². The quantitative estimate of drug-likeness (QED) is 0.836. The molecule has 0 N–H and O–H groups in total. The van der Waals surface area contributed by atoms with Crippen LogP contribution in [0.1, 0.15) is 12.8 Å². The van der Waals surface area contributed by atoms with Crippen LogP contribution in [0.15, 0.2) is 18.2 Å². The van der Waals surface area contributed by atoms with Crippen LogP contribution in [0.4, 0.5) is 15.8 Å². The van der Waals surface area contributed by atoms with Gasteiger partial charge in [-0.25, -0.2) is 12.8 Å². The Morgan fingerprint density at radius 1 is 1.29 bits per heavy atom. The van der Waals surface area contributed by atoms with E-state index >= 15 is 0 Å². The van der Waals surface area contributed by atoms with E-state index in [1.807, 2.05) is 13.1 Å². The summed E-state index contributed by atoms with van der Waals surface area (Å²) in [4.78, 5) is 4.30. The molecule has 1 fully saturated rings. The zero-order valence-corrected chi connectivity index (χ0v) is 13.1. The van der Waals surface area contributed by atoms with Gasteiger partial charge in [0.25, 0.3) is 0 Å². The number of sulfone groups is 1. The molecule has 2 aliphatic heterocycles. The van der Waals surface area contributed by atoms with Gasteiger partial charge in [-0.3, -0.25) is 0 Å². The highest BCUT2D eigenvalue weighted by molar-refractivity contribution is 7.91. The minimum atomic E-state index is -2.86. The van der Waals surface area contributed by atoms with Crippen molar-refractivity contribution in [3.8, 4) is 0 Å². The van der Waals surface area contributed by atoms with Gasteiger partial charge in [0.2, 0.25) is 0 Å².